The molecule has 12 heteroatoms. The molecule has 0 radical (unpaired) electrons. The van der Waals surface area contributed by atoms with E-state index in [2.05, 4.69) is 10.6 Å². The van der Waals surface area contributed by atoms with Gasteiger partial charge in [0.1, 0.15) is 11.6 Å². The third kappa shape index (κ3) is 5.93. The number of nitrogens with one attached hydrogen (secondary N) is 2. The summed E-state index contributed by atoms with van der Waals surface area (Å²) in [6, 6.07) is 17.5. The second-order valence-corrected chi connectivity index (χ2v) is 10.4. The van der Waals surface area contributed by atoms with E-state index in [9.17, 15) is 22.4 Å². The van der Waals surface area contributed by atoms with Crippen molar-refractivity contribution in [2.45, 2.75) is 24.2 Å². The number of ether oxygens (including phenoxy) is 1. The van der Waals surface area contributed by atoms with Crippen LogP contribution in [0.5, 0.6) is 5.75 Å². The van der Waals surface area contributed by atoms with Gasteiger partial charge in [-0.1, -0.05) is 24.3 Å². The van der Waals surface area contributed by atoms with E-state index in [0.29, 0.717) is 18.0 Å². The maximum absolute atomic E-state index is 13.5. The highest BCUT2D eigenvalue weighted by molar-refractivity contribution is 7.89. The minimum Gasteiger partial charge on any atom is -0.497 e. The summed E-state index contributed by atoms with van der Waals surface area (Å²) in [5.74, 6) is -0.687. The number of rotatable bonds is 8. The molecule has 1 unspecified atom stereocenters. The molecule has 0 saturated carbocycles. The molecule has 1 aliphatic heterocycles. The Kier molecular flexibility index (Phi) is 8.25. The zero-order valence-corrected chi connectivity index (χ0v) is 21.4. The summed E-state index contributed by atoms with van der Waals surface area (Å²) in [4.78, 5) is 27.6. The van der Waals surface area contributed by atoms with Crippen LogP contribution in [0.15, 0.2) is 77.7 Å². The van der Waals surface area contributed by atoms with Gasteiger partial charge in [-0.05, 0) is 59.7 Å². The molecule has 10 nitrogen and oxygen atoms in total. The van der Waals surface area contributed by atoms with Crippen LogP contribution in [0.3, 0.4) is 0 Å². The Labute approximate surface area is 220 Å². The lowest BCUT2D eigenvalue weighted by molar-refractivity contribution is -0.127. The molecule has 3 amide bonds. The lowest BCUT2D eigenvalue weighted by atomic mass is 10.1. The fourth-order valence-corrected chi connectivity index (χ4v) is 5.65. The van der Waals surface area contributed by atoms with Crippen molar-refractivity contribution < 1.29 is 27.1 Å². The van der Waals surface area contributed by atoms with Gasteiger partial charge in [-0.3, -0.25) is 9.69 Å². The molecule has 0 bridgehead atoms. The Hall–Kier alpha value is -4.00. The molecular weight excluding hydrogens is 513 g/mol. The number of anilines is 1. The van der Waals surface area contributed by atoms with Crippen molar-refractivity contribution in [3.05, 3.63) is 89.7 Å². The van der Waals surface area contributed by atoms with Crippen molar-refractivity contribution in [3.63, 3.8) is 0 Å². The van der Waals surface area contributed by atoms with E-state index in [1.165, 1.54) is 7.11 Å². The zero-order chi connectivity index (χ0) is 27.3. The molecule has 4 rings (SSSR count). The fourth-order valence-electron chi connectivity index (χ4n) is 4.10. The number of hydrogen-bond donors (Lipinski definition) is 3. The summed E-state index contributed by atoms with van der Waals surface area (Å²) in [6.07, 6.45) is -1.47. The minimum absolute atomic E-state index is 0.0385. The molecule has 1 saturated heterocycles. The highest BCUT2D eigenvalue weighted by Gasteiger charge is 2.46. The average molecular weight is 542 g/mol. The van der Waals surface area contributed by atoms with E-state index in [0.717, 1.165) is 44.6 Å². The molecule has 4 N–H and O–H groups in total. The molecule has 3 aromatic carbocycles. The van der Waals surface area contributed by atoms with Crippen LogP contribution < -0.4 is 21.1 Å². The third-order valence-corrected chi connectivity index (χ3v) is 7.95. The number of carbonyl (C=O) groups excluding carboxylic acids is 2. The van der Waals surface area contributed by atoms with Gasteiger partial charge >= 0.3 is 6.03 Å². The molecule has 38 heavy (non-hydrogen) atoms. The van der Waals surface area contributed by atoms with Gasteiger partial charge in [0.25, 0.3) is 5.91 Å². The standard InChI is InChI=1S/C26H28FN5O5S/c1-37-22-9-7-21(8-10-22)30-26(34)31-13-14-32(38(35,36)23-11-5-20(27)6-12-23)25(31)24(33)29-17-19-4-2-3-18(15-19)16-28/h2-12,15,25H,13-14,16-17,28H2,1H3,(H,29,33)(H,30,34). The number of urea groups is 1. The van der Waals surface area contributed by atoms with Gasteiger partial charge in [-0.25, -0.2) is 17.6 Å². The highest BCUT2D eigenvalue weighted by Crippen LogP contribution is 2.26. The predicted octanol–water partition coefficient (Wildman–Crippen LogP) is 2.47. The molecule has 1 fully saturated rings. The molecule has 0 aliphatic carbocycles. The molecular formula is C26H28FN5O5S. The van der Waals surface area contributed by atoms with Crippen LogP contribution in [0.2, 0.25) is 0 Å². The van der Waals surface area contributed by atoms with Crippen LogP contribution in [-0.4, -0.2) is 55.9 Å². The van der Waals surface area contributed by atoms with E-state index in [1.54, 1.807) is 36.4 Å². The molecule has 0 spiro atoms. The number of hydrogen-bond acceptors (Lipinski definition) is 6. The average Bonchev–Trinajstić information content (AvgIpc) is 3.39. The molecule has 0 aromatic heterocycles. The fraction of sp³-hybridized carbons (Fsp3) is 0.231. The van der Waals surface area contributed by atoms with E-state index >= 15 is 0 Å². The Morgan fingerprint density at radius 1 is 1.03 bits per heavy atom. The summed E-state index contributed by atoms with van der Waals surface area (Å²) in [5, 5.41) is 5.43. The number of amides is 3. The number of sulfonamides is 1. The number of methoxy groups -OCH3 is 1. The summed E-state index contributed by atoms with van der Waals surface area (Å²) < 4.78 is 46.4. The van der Waals surface area contributed by atoms with Gasteiger partial charge in [-0.2, -0.15) is 4.31 Å². The van der Waals surface area contributed by atoms with Crippen molar-refractivity contribution in [2.75, 3.05) is 25.5 Å². The van der Waals surface area contributed by atoms with Gasteiger partial charge < -0.3 is 21.1 Å². The largest absolute Gasteiger partial charge is 0.497 e. The second kappa shape index (κ2) is 11.6. The third-order valence-electron chi connectivity index (χ3n) is 6.08. The Balaban J connectivity index is 1.60. The molecule has 200 valence electrons. The summed E-state index contributed by atoms with van der Waals surface area (Å²) in [7, 11) is -2.72. The van der Waals surface area contributed by atoms with E-state index in [4.69, 9.17) is 10.5 Å². The molecule has 3 aromatic rings. The van der Waals surface area contributed by atoms with E-state index in [-0.39, 0.29) is 24.5 Å². The quantitative estimate of drug-likeness (QED) is 0.401. The first kappa shape index (κ1) is 27.0. The van der Waals surface area contributed by atoms with Gasteiger partial charge in [-0.15, -0.1) is 0 Å². The molecule has 1 heterocycles. The first-order valence-corrected chi connectivity index (χ1v) is 13.2. The first-order valence-electron chi connectivity index (χ1n) is 11.8. The van der Waals surface area contributed by atoms with Crippen molar-refractivity contribution in [1.82, 2.24) is 14.5 Å². The molecule has 1 aliphatic rings. The van der Waals surface area contributed by atoms with Crippen LogP contribution >= 0.6 is 0 Å². The van der Waals surface area contributed by atoms with Crippen LogP contribution in [0, 0.1) is 5.82 Å². The lowest BCUT2D eigenvalue weighted by Gasteiger charge is -2.29. The zero-order valence-electron chi connectivity index (χ0n) is 20.6. The maximum Gasteiger partial charge on any atom is 0.323 e. The SMILES string of the molecule is COc1ccc(NC(=O)N2CCN(S(=O)(=O)c3ccc(F)cc3)C2C(=O)NCc2cccc(CN)c2)cc1. The Morgan fingerprint density at radius 2 is 1.71 bits per heavy atom. The first-order chi connectivity index (χ1) is 18.2. The monoisotopic (exact) mass is 541 g/mol. The van der Waals surface area contributed by atoms with Gasteiger partial charge in [0.05, 0.1) is 12.0 Å². The van der Waals surface area contributed by atoms with Gasteiger partial charge in [0.15, 0.2) is 6.17 Å². The smallest absolute Gasteiger partial charge is 0.323 e. The van der Waals surface area contributed by atoms with E-state index < -0.39 is 33.9 Å². The number of carbonyl (C=O) groups is 2. The number of halogens is 1. The summed E-state index contributed by atoms with van der Waals surface area (Å²) >= 11 is 0. The second-order valence-electron chi connectivity index (χ2n) is 8.54. The van der Waals surface area contributed by atoms with Crippen LogP contribution in [0.1, 0.15) is 11.1 Å². The normalized spacial score (nSPS) is 15.8. The lowest BCUT2D eigenvalue weighted by Crippen LogP contribution is -2.54. The van der Waals surface area contributed by atoms with Crippen molar-refractivity contribution >= 4 is 27.6 Å². The van der Waals surface area contributed by atoms with Crippen LogP contribution in [-0.2, 0) is 27.9 Å². The van der Waals surface area contributed by atoms with Crippen molar-refractivity contribution in [2.24, 2.45) is 5.73 Å². The summed E-state index contributed by atoms with van der Waals surface area (Å²) in [5.41, 5.74) is 7.77. The Bertz CT molecular complexity index is 1400. The predicted molar refractivity (Wildman–Crippen MR) is 139 cm³/mol. The van der Waals surface area contributed by atoms with Gasteiger partial charge in [0.2, 0.25) is 10.0 Å². The van der Waals surface area contributed by atoms with Crippen LogP contribution in [0.4, 0.5) is 14.9 Å². The Morgan fingerprint density at radius 3 is 2.37 bits per heavy atom. The highest BCUT2D eigenvalue weighted by atomic mass is 32.2. The number of nitrogens with zero attached hydrogens (tertiary/aromatic N) is 2. The summed E-state index contributed by atoms with van der Waals surface area (Å²) in [6.45, 7) is 0.259. The topological polar surface area (TPSA) is 134 Å². The maximum atomic E-state index is 13.5. The number of benzene rings is 3. The van der Waals surface area contributed by atoms with E-state index in [1.807, 2.05) is 12.1 Å². The number of nitrogens with two attached hydrogens (primary N) is 1. The van der Waals surface area contributed by atoms with Crippen molar-refractivity contribution in [3.8, 4) is 5.75 Å². The minimum atomic E-state index is -4.24. The molecule has 1 atom stereocenters. The van der Waals surface area contributed by atoms with Crippen LogP contribution in [0.25, 0.3) is 0 Å². The van der Waals surface area contributed by atoms with Gasteiger partial charge in [0, 0.05) is 31.9 Å². The van der Waals surface area contributed by atoms with Crippen molar-refractivity contribution in [1.29, 1.82) is 0 Å².